The summed E-state index contributed by atoms with van der Waals surface area (Å²) in [6.45, 7) is 0.866. The summed E-state index contributed by atoms with van der Waals surface area (Å²) < 4.78 is 0. The van der Waals surface area contributed by atoms with E-state index in [0.29, 0.717) is 0 Å². The van der Waals surface area contributed by atoms with Crippen LogP contribution in [0, 0.1) is 10.1 Å². The second-order valence-corrected chi connectivity index (χ2v) is 5.59. The number of phenols is 1. The summed E-state index contributed by atoms with van der Waals surface area (Å²) in [5, 5.41) is 26.0. The van der Waals surface area contributed by atoms with Crippen molar-refractivity contribution in [2.45, 2.75) is 12.5 Å². The van der Waals surface area contributed by atoms with Gasteiger partial charge in [0.15, 0.2) is 0 Å². The van der Waals surface area contributed by atoms with Crippen LogP contribution in [0.5, 0.6) is 5.75 Å². The average Bonchev–Trinajstić information content (AvgIpc) is 2.42. The van der Waals surface area contributed by atoms with Crippen molar-refractivity contribution in [3.63, 3.8) is 0 Å². The molecule has 1 heterocycles. The molecule has 1 saturated heterocycles. The predicted octanol–water partition coefficient (Wildman–Crippen LogP) is 1.33. The number of nitro groups is 1. The number of nitrogens with zero attached hydrogens (tertiary/aromatic N) is 1. The van der Waals surface area contributed by atoms with E-state index in [1.54, 1.807) is 11.8 Å². The highest BCUT2D eigenvalue weighted by molar-refractivity contribution is 7.99. The zero-order chi connectivity index (χ0) is 14.5. The molecule has 1 aromatic carbocycles. The third-order valence-corrected chi connectivity index (χ3v) is 4.03. The third-order valence-electron chi connectivity index (χ3n) is 2.90. The van der Waals surface area contributed by atoms with Gasteiger partial charge in [-0.2, -0.15) is 11.8 Å². The maximum Gasteiger partial charge on any atom is 0.271 e. The van der Waals surface area contributed by atoms with Gasteiger partial charge in [-0.15, -0.1) is 0 Å². The van der Waals surface area contributed by atoms with E-state index in [0.717, 1.165) is 24.1 Å². The number of carbonyl (C=O) groups excluding carboxylic acids is 1. The molecular formula is C12H15N3O4S. The van der Waals surface area contributed by atoms with Crippen molar-refractivity contribution in [2.24, 2.45) is 0 Å². The highest BCUT2D eigenvalue weighted by Crippen LogP contribution is 2.28. The highest BCUT2D eigenvalue weighted by atomic mass is 32.2. The van der Waals surface area contributed by atoms with E-state index >= 15 is 0 Å². The number of amides is 1. The molecule has 1 unspecified atom stereocenters. The molecular weight excluding hydrogens is 282 g/mol. The summed E-state index contributed by atoms with van der Waals surface area (Å²) in [4.78, 5) is 22.0. The lowest BCUT2D eigenvalue weighted by Crippen LogP contribution is -2.39. The van der Waals surface area contributed by atoms with Crippen LogP contribution in [-0.2, 0) is 4.79 Å². The first kappa shape index (κ1) is 14.6. The lowest BCUT2D eigenvalue weighted by atomic mass is 10.2. The molecule has 0 radical (unpaired) electrons. The maximum atomic E-state index is 11.9. The summed E-state index contributed by atoms with van der Waals surface area (Å²) in [6, 6.07) is 3.62. The number of carbonyl (C=O) groups is 1. The van der Waals surface area contributed by atoms with E-state index in [2.05, 4.69) is 10.6 Å². The number of benzene rings is 1. The number of aromatic hydroxyl groups is 1. The van der Waals surface area contributed by atoms with Crippen LogP contribution in [0.25, 0.3) is 0 Å². The molecule has 1 atom stereocenters. The maximum absolute atomic E-state index is 11.9. The molecule has 1 aromatic rings. The van der Waals surface area contributed by atoms with E-state index in [4.69, 9.17) is 0 Å². The standard InChI is InChI=1S/C12H15N3O4S/c16-11-2-1-9(15(18)19)6-10(11)14-12(17)5-8-7-20-4-3-13-8/h1-2,6,8,13,16H,3-5,7H2,(H,14,17). The van der Waals surface area contributed by atoms with Crippen molar-refractivity contribution < 1.29 is 14.8 Å². The van der Waals surface area contributed by atoms with Gasteiger partial charge in [0, 0.05) is 42.6 Å². The Morgan fingerprint density at radius 1 is 1.60 bits per heavy atom. The largest absolute Gasteiger partial charge is 0.506 e. The summed E-state index contributed by atoms with van der Waals surface area (Å²) in [5.41, 5.74) is -0.114. The van der Waals surface area contributed by atoms with Crippen molar-refractivity contribution in [2.75, 3.05) is 23.4 Å². The van der Waals surface area contributed by atoms with Gasteiger partial charge >= 0.3 is 0 Å². The number of nitro benzene ring substituents is 1. The molecule has 1 amide bonds. The van der Waals surface area contributed by atoms with Crippen LogP contribution in [-0.4, -0.2) is 40.0 Å². The van der Waals surface area contributed by atoms with Crippen LogP contribution in [0.4, 0.5) is 11.4 Å². The Balaban J connectivity index is 1.99. The summed E-state index contributed by atoms with van der Waals surface area (Å²) in [7, 11) is 0. The van der Waals surface area contributed by atoms with E-state index in [1.807, 2.05) is 0 Å². The first-order valence-electron chi connectivity index (χ1n) is 6.14. The molecule has 1 aliphatic rings. The molecule has 0 aliphatic carbocycles. The minimum atomic E-state index is -0.575. The number of phenolic OH excluding ortho intramolecular Hbond substituents is 1. The minimum absolute atomic E-state index is 0.0627. The Hall–Kier alpha value is -1.80. The molecule has 0 spiro atoms. The fourth-order valence-corrected chi connectivity index (χ4v) is 2.86. The molecule has 3 N–H and O–H groups in total. The van der Waals surface area contributed by atoms with E-state index in [9.17, 15) is 20.0 Å². The zero-order valence-corrected chi connectivity index (χ0v) is 11.5. The van der Waals surface area contributed by atoms with Crippen LogP contribution < -0.4 is 10.6 Å². The number of anilines is 1. The number of rotatable bonds is 4. The molecule has 0 aromatic heterocycles. The van der Waals surface area contributed by atoms with Crippen molar-refractivity contribution in [3.8, 4) is 5.75 Å². The van der Waals surface area contributed by atoms with Gasteiger partial charge in [0.25, 0.3) is 5.69 Å². The molecule has 108 valence electrons. The Morgan fingerprint density at radius 3 is 3.05 bits per heavy atom. The second kappa shape index (κ2) is 6.58. The van der Waals surface area contributed by atoms with Crippen LogP contribution in [0.2, 0.25) is 0 Å². The first-order chi connectivity index (χ1) is 9.56. The van der Waals surface area contributed by atoms with E-state index < -0.39 is 4.92 Å². The number of non-ortho nitro benzene ring substituents is 1. The van der Waals surface area contributed by atoms with Gasteiger partial charge < -0.3 is 15.7 Å². The van der Waals surface area contributed by atoms with Gasteiger partial charge in [0.05, 0.1) is 10.6 Å². The SMILES string of the molecule is O=C(CC1CSCCN1)Nc1cc([N+](=O)[O-])ccc1O. The Morgan fingerprint density at radius 2 is 2.40 bits per heavy atom. The summed E-state index contributed by atoms with van der Waals surface area (Å²) >= 11 is 1.78. The van der Waals surface area contributed by atoms with Gasteiger partial charge in [-0.1, -0.05) is 0 Å². The summed E-state index contributed by atoms with van der Waals surface area (Å²) in [5.74, 6) is 1.42. The van der Waals surface area contributed by atoms with Crippen molar-refractivity contribution in [1.82, 2.24) is 5.32 Å². The molecule has 8 heteroatoms. The van der Waals surface area contributed by atoms with Crippen molar-refractivity contribution in [3.05, 3.63) is 28.3 Å². The molecule has 1 fully saturated rings. The molecule has 1 aliphatic heterocycles. The first-order valence-corrected chi connectivity index (χ1v) is 7.30. The number of thioether (sulfide) groups is 1. The number of hydrogen-bond donors (Lipinski definition) is 3. The van der Waals surface area contributed by atoms with E-state index in [1.165, 1.54) is 12.1 Å². The van der Waals surface area contributed by atoms with Crippen LogP contribution in [0.1, 0.15) is 6.42 Å². The molecule has 0 bridgehead atoms. The zero-order valence-electron chi connectivity index (χ0n) is 10.7. The fourth-order valence-electron chi connectivity index (χ4n) is 1.91. The lowest BCUT2D eigenvalue weighted by molar-refractivity contribution is -0.384. The van der Waals surface area contributed by atoms with Crippen molar-refractivity contribution in [1.29, 1.82) is 0 Å². The van der Waals surface area contributed by atoms with Gasteiger partial charge in [0.2, 0.25) is 5.91 Å². The number of nitrogens with one attached hydrogen (secondary N) is 2. The second-order valence-electron chi connectivity index (χ2n) is 4.44. The van der Waals surface area contributed by atoms with E-state index in [-0.39, 0.29) is 35.5 Å². The van der Waals surface area contributed by atoms with Gasteiger partial charge in [-0.25, -0.2) is 0 Å². The smallest absolute Gasteiger partial charge is 0.271 e. The quantitative estimate of drug-likeness (QED) is 0.440. The molecule has 20 heavy (non-hydrogen) atoms. The van der Waals surface area contributed by atoms with Crippen LogP contribution in [0.15, 0.2) is 18.2 Å². The minimum Gasteiger partial charge on any atom is -0.506 e. The van der Waals surface area contributed by atoms with Gasteiger partial charge in [-0.05, 0) is 6.07 Å². The molecule has 0 saturated carbocycles. The molecule has 7 nitrogen and oxygen atoms in total. The summed E-state index contributed by atoms with van der Waals surface area (Å²) in [6.07, 6.45) is 0.273. The fraction of sp³-hybridized carbons (Fsp3) is 0.417. The average molecular weight is 297 g/mol. The Bertz CT molecular complexity index is 517. The normalized spacial score (nSPS) is 18.5. The van der Waals surface area contributed by atoms with Gasteiger partial charge in [0.1, 0.15) is 5.75 Å². The Labute approximate surface area is 119 Å². The number of hydrogen-bond acceptors (Lipinski definition) is 6. The third kappa shape index (κ3) is 3.84. The predicted molar refractivity (Wildman–Crippen MR) is 77.1 cm³/mol. The molecule has 2 rings (SSSR count). The van der Waals surface area contributed by atoms with Crippen molar-refractivity contribution >= 4 is 29.0 Å². The lowest BCUT2D eigenvalue weighted by Gasteiger charge is -2.22. The van der Waals surface area contributed by atoms with Crippen LogP contribution >= 0.6 is 11.8 Å². The monoisotopic (exact) mass is 297 g/mol. The van der Waals surface area contributed by atoms with Crippen LogP contribution in [0.3, 0.4) is 0 Å². The topological polar surface area (TPSA) is 104 Å². The highest BCUT2D eigenvalue weighted by Gasteiger charge is 2.18. The van der Waals surface area contributed by atoms with Gasteiger partial charge in [-0.3, -0.25) is 14.9 Å². The Kier molecular flexibility index (Phi) is 4.80.